The summed E-state index contributed by atoms with van der Waals surface area (Å²) in [5.74, 6) is 0.490. The third-order valence-corrected chi connectivity index (χ3v) is 5.15. The number of aliphatic hydroxyl groups is 3. The lowest BCUT2D eigenvalue weighted by molar-refractivity contribution is -0.108. The minimum atomic E-state index is -1.24. The van der Waals surface area contributed by atoms with E-state index in [0.29, 0.717) is 16.5 Å². The number of aromatic nitrogens is 2. The van der Waals surface area contributed by atoms with Crippen LogP contribution in [0.5, 0.6) is 0 Å². The first-order valence-electron chi connectivity index (χ1n) is 8.67. The largest absolute Gasteiger partial charge is 0.394 e. The van der Waals surface area contributed by atoms with Gasteiger partial charge in [0, 0.05) is 5.02 Å². The standard InChI is InChI=1S/C17H20ClN5O5/c18-10-4-2-1-3-9(10)6-27-23-8-21-16-12(15(23)19)20-7-22(16)17-14(26)13(25)11(5-24)28-17/h1-4,7,11,13-14,17,19,21,24-26H,5-6,8H2/t11-,13-,14-,17-/m1/s1. The molecule has 10 nitrogen and oxygen atoms in total. The van der Waals surface area contributed by atoms with E-state index in [2.05, 4.69) is 10.3 Å². The molecule has 0 aliphatic carbocycles. The van der Waals surface area contributed by atoms with E-state index < -0.39 is 31.1 Å². The first kappa shape index (κ1) is 19.1. The summed E-state index contributed by atoms with van der Waals surface area (Å²) in [7, 11) is 0. The molecule has 1 saturated heterocycles. The molecule has 0 bridgehead atoms. The van der Waals surface area contributed by atoms with Crippen molar-refractivity contribution in [1.29, 1.82) is 5.41 Å². The lowest BCUT2D eigenvalue weighted by Gasteiger charge is -2.30. The van der Waals surface area contributed by atoms with E-state index in [0.717, 1.165) is 5.56 Å². The highest BCUT2D eigenvalue weighted by Gasteiger charge is 2.44. The van der Waals surface area contributed by atoms with Crippen LogP contribution in [-0.2, 0) is 16.2 Å². The molecule has 5 N–H and O–H groups in total. The Labute approximate surface area is 165 Å². The summed E-state index contributed by atoms with van der Waals surface area (Å²) < 4.78 is 7.03. The van der Waals surface area contributed by atoms with E-state index in [-0.39, 0.29) is 19.1 Å². The fraction of sp³-hybridized carbons (Fsp3) is 0.412. The van der Waals surface area contributed by atoms with Gasteiger partial charge in [-0.15, -0.1) is 0 Å². The molecule has 28 heavy (non-hydrogen) atoms. The lowest BCUT2D eigenvalue weighted by Crippen LogP contribution is -2.41. The van der Waals surface area contributed by atoms with Gasteiger partial charge in [0.25, 0.3) is 0 Å². The van der Waals surface area contributed by atoms with Crippen molar-refractivity contribution in [3.8, 4) is 0 Å². The average Bonchev–Trinajstić information content (AvgIpc) is 3.24. The monoisotopic (exact) mass is 409 g/mol. The van der Waals surface area contributed by atoms with E-state index in [4.69, 9.17) is 26.6 Å². The molecule has 2 aliphatic heterocycles. The van der Waals surface area contributed by atoms with Gasteiger partial charge in [0.05, 0.1) is 12.9 Å². The maximum Gasteiger partial charge on any atom is 0.176 e. The van der Waals surface area contributed by atoms with Crippen molar-refractivity contribution in [2.75, 3.05) is 18.6 Å². The second-order valence-electron chi connectivity index (χ2n) is 6.50. The Balaban J connectivity index is 1.49. The number of halogens is 1. The molecule has 0 unspecified atom stereocenters. The maximum absolute atomic E-state index is 10.2. The molecule has 0 spiro atoms. The number of imidazole rings is 1. The third kappa shape index (κ3) is 3.24. The molecular weight excluding hydrogens is 390 g/mol. The van der Waals surface area contributed by atoms with Gasteiger partial charge in [-0.25, -0.2) is 10.0 Å². The number of nitrogens with zero attached hydrogens (tertiary/aromatic N) is 3. The molecule has 1 aromatic heterocycles. The maximum atomic E-state index is 10.2. The SMILES string of the molecule is N=C1c2ncn([C@@H]3O[C@H](CO)[C@@H](O)[C@H]3O)c2NCN1OCc1ccccc1Cl. The predicted molar refractivity (Wildman–Crippen MR) is 98.6 cm³/mol. The van der Waals surface area contributed by atoms with E-state index >= 15 is 0 Å². The fourth-order valence-electron chi connectivity index (χ4n) is 3.23. The molecule has 0 radical (unpaired) electrons. The molecule has 150 valence electrons. The topological polar surface area (TPSA) is 136 Å². The van der Waals surface area contributed by atoms with Gasteiger partial charge in [-0.05, 0) is 11.6 Å². The summed E-state index contributed by atoms with van der Waals surface area (Å²) in [4.78, 5) is 9.89. The van der Waals surface area contributed by atoms with Gasteiger partial charge in [0.2, 0.25) is 0 Å². The van der Waals surface area contributed by atoms with E-state index in [1.54, 1.807) is 6.07 Å². The minimum Gasteiger partial charge on any atom is -0.394 e. The zero-order valence-electron chi connectivity index (χ0n) is 14.7. The van der Waals surface area contributed by atoms with Crippen LogP contribution >= 0.6 is 11.6 Å². The van der Waals surface area contributed by atoms with E-state index in [9.17, 15) is 15.3 Å². The predicted octanol–water partition coefficient (Wildman–Crippen LogP) is 0.290. The van der Waals surface area contributed by atoms with Gasteiger partial charge in [-0.3, -0.25) is 14.8 Å². The van der Waals surface area contributed by atoms with Gasteiger partial charge in [-0.2, -0.15) is 0 Å². The Morgan fingerprint density at radius 2 is 2.11 bits per heavy atom. The van der Waals surface area contributed by atoms with Crippen molar-refractivity contribution in [3.63, 3.8) is 0 Å². The second kappa shape index (κ2) is 7.66. The Bertz CT molecular complexity index is 877. The third-order valence-electron chi connectivity index (χ3n) is 4.78. The summed E-state index contributed by atoms with van der Waals surface area (Å²) in [6.07, 6.45) is -2.87. The Kier molecular flexibility index (Phi) is 5.23. The van der Waals surface area contributed by atoms with Crippen molar-refractivity contribution >= 4 is 23.3 Å². The molecule has 2 aliphatic rings. The molecule has 1 fully saturated rings. The van der Waals surface area contributed by atoms with Gasteiger partial charge < -0.3 is 25.4 Å². The number of fused-ring (bicyclic) bond motifs is 1. The number of benzene rings is 1. The van der Waals surface area contributed by atoms with Crippen LogP contribution in [-0.4, -0.2) is 67.4 Å². The molecular formula is C17H20ClN5O5. The number of amidine groups is 1. The molecule has 3 heterocycles. The molecule has 4 rings (SSSR count). The van der Waals surface area contributed by atoms with Crippen molar-refractivity contribution in [2.24, 2.45) is 0 Å². The van der Waals surface area contributed by atoms with Gasteiger partial charge in [0.15, 0.2) is 12.1 Å². The minimum absolute atomic E-state index is 0.0336. The Morgan fingerprint density at radius 3 is 2.82 bits per heavy atom. The fourth-order valence-corrected chi connectivity index (χ4v) is 3.42. The molecule has 0 saturated carbocycles. The summed E-state index contributed by atoms with van der Waals surface area (Å²) in [5, 5.41) is 42.8. The van der Waals surface area contributed by atoms with Crippen molar-refractivity contribution < 1.29 is 24.9 Å². The number of ether oxygens (including phenoxy) is 1. The van der Waals surface area contributed by atoms with Crippen LogP contribution < -0.4 is 5.32 Å². The average molecular weight is 410 g/mol. The number of hydrogen-bond acceptors (Lipinski definition) is 8. The Morgan fingerprint density at radius 1 is 1.32 bits per heavy atom. The van der Waals surface area contributed by atoms with E-state index in [1.807, 2.05) is 18.2 Å². The zero-order chi connectivity index (χ0) is 19.8. The number of hydroxylamine groups is 2. The van der Waals surface area contributed by atoms with Crippen molar-refractivity contribution in [3.05, 3.63) is 46.9 Å². The highest BCUT2D eigenvalue weighted by Crippen LogP contribution is 2.34. The summed E-state index contributed by atoms with van der Waals surface area (Å²) in [6, 6.07) is 7.28. The highest BCUT2D eigenvalue weighted by molar-refractivity contribution is 6.31. The molecule has 0 amide bonds. The molecule has 4 atom stereocenters. The van der Waals surface area contributed by atoms with Crippen LogP contribution in [0.25, 0.3) is 0 Å². The highest BCUT2D eigenvalue weighted by atomic mass is 35.5. The quantitative estimate of drug-likeness (QED) is 0.475. The summed E-state index contributed by atoms with van der Waals surface area (Å²) in [6.45, 7) is -0.0656. The smallest absolute Gasteiger partial charge is 0.176 e. The van der Waals surface area contributed by atoms with E-state index in [1.165, 1.54) is 16.0 Å². The van der Waals surface area contributed by atoms with Crippen LogP contribution in [0.2, 0.25) is 5.02 Å². The second-order valence-corrected chi connectivity index (χ2v) is 6.91. The van der Waals surface area contributed by atoms with Gasteiger partial charge >= 0.3 is 0 Å². The Hall–Kier alpha value is -2.21. The van der Waals surface area contributed by atoms with Crippen LogP contribution in [0.3, 0.4) is 0 Å². The van der Waals surface area contributed by atoms with Crippen LogP contribution in [0.15, 0.2) is 30.6 Å². The number of nitrogens with one attached hydrogen (secondary N) is 2. The first-order chi connectivity index (χ1) is 13.5. The number of rotatable bonds is 5. The lowest BCUT2D eigenvalue weighted by atomic mass is 10.1. The summed E-state index contributed by atoms with van der Waals surface area (Å²) >= 11 is 6.13. The number of anilines is 1. The van der Waals surface area contributed by atoms with Crippen LogP contribution in [0, 0.1) is 5.41 Å². The van der Waals surface area contributed by atoms with Crippen molar-refractivity contribution in [1.82, 2.24) is 14.6 Å². The normalized spacial score (nSPS) is 27.0. The number of hydrogen-bond donors (Lipinski definition) is 5. The zero-order valence-corrected chi connectivity index (χ0v) is 15.5. The summed E-state index contributed by atoms with van der Waals surface area (Å²) in [5.41, 5.74) is 1.10. The number of aliphatic hydroxyl groups excluding tert-OH is 3. The van der Waals surface area contributed by atoms with Gasteiger partial charge in [0.1, 0.15) is 43.1 Å². The van der Waals surface area contributed by atoms with Crippen molar-refractivity contribution in [2.45, 2.75) is 31.1 Å². The molecule has 1 aromatic carbocycles. The van der Waals surface area contributed by atoms with Gasteiger partial charge in [-0.1, -0.05) is 29.8 Å². The molecule has 2 aromatic rings. The van der Waals surface area contributed by atoms with Crippen LogP contribution in [0.4, 0.5) is 5.82 Å². The van der Waals surface area contributed by atoms with Crippen LogP contribution in [0.1, 0.15) is 17.5 Å². The molecule has 11 heteroatoms. The first-order valence-corrected chi connectivity index (χ1v) is 9.05.